The molecule has 2 N–H and O–H groups in total. The number of halogens is 1. The number of nitrogens with one attached hydrogen (secondary N) is 2. The molecule has 1 rings (SSSR count). The molecule has 0 aromatic heterocycles. The molecule has 0 aliphatic heterocycles. The second kappa shape index (κ2) is 12.7. The van der Waals surface area contributed by atoms with Crippen LogP contribution in [0.25, 0.3) is 0 Å². The minimum Gasteiger partial charge on any atom is -0.489 e. The Bertz CT molecular complexity index is 384. The monoisotopic (exact) mass is 405 g/mol. The summed E-state index contributed by atoms with van der Waals surface area (Å²) in [7, 11) is 0. The van der Waals surface area contributed by atoms with Crippen molar-refractivity contribution < 1.29 is 4.74 Å². The first kappa shape index (κ1) is 20.0. The van der Waals surface area contributed by atoms with Gasteiger partial charge in [0.2, 0.25) is 0 Å². The van der Waals surface area contributed by atoms with Crippen molar-refractivity contribution in [3.63, 3.8) is 0 Å². The van der Waals surface area contributed by atoms with Crippen LogP contribution in [0.15, 0.2) is 35.3 Å². The molecule has 0 aliphatic carbocycles. The topological polar surface area (TPSA) is 45.7 Å². The fraction of sp³-hybridized carbons (Fsp3) is 0.562. The molecule has 4 nitrogen and oxygen atoms in total. The predicted molar refractivity (Wildman–Crippen MR) is 101 cm³/mol. The van der Waals surface area contributed by atoms with E-state index in [1.807, 2.05) is 37.3 Å². The number of benzene rings is 1. The van der Waals surface area contributed by atoms with Crippen LogP contribution in [0.2, 0.25) is 0 Å². The van der Waals surface area contributed by atoms with Crippen molar-refractivity contribution in [1.29, 1.82) is 0 Å². The summed E-state index contributed by atoms with van der Waals surface area (Å²) in [5, 5.41) is 6.57. The number of aliphatic imine (C=N–C) groups is 1. The molecule has 0 radical (unpaired) electrons. The van der Waals surface area contributed by atoms with E-state index in [9.17, 15) is 0 Å². The maximum absolute atomic E-state index is 5.81. The molecule has 1 aromatic carbocycles. The number of rotatable bonds is 8. The van der Waals surface area contributed by atoms with Gasteiger partial charge in [-0.3, -0.25) is 0 Å². The number of para-hydroxylation sites is 1. The molecule has 0 heterocycles. The van der Waals surface area contributed by atoms with Gasteiger partial charge in [-0.25, -0.2) is 4.99 Å². The van der Waals surface area contributed by atoms with Crippen molar-refractivity contribution in [2.24, 2.45) is 4.99 Å². The molecule has 0 fully saturated rings. The molecule has 0 amide bonds. The van der Waals surface area contributed by atoms with Gasteiger partial charge in [0.05, 0.1) is 6.54 Å². The van der Waals surface area contributed by atoms with E-state index in [4.69, 9.17) is 4.74 Å². The summed E-state index contributed by atoms with van der Waals surface area (Å²) in [6.45, 7) is 8.74. The highest BCUT2D eigenvalue weighted by Gasteiger charge is 2.04. The molecular formula is C16H28IN3O. The van der Waals surface area contributed by atoms with E-state index in [-0.39, 0.29) is 30.1 Å². The standard InChI is InChI=1S/C16H27N3O.HI/c1-4-6-12-18-16(17-5-2)19-13-14(3)20-15-10-8-7-9-11-15;/h7-11,14H,4-6,12-13H2,1-3H3,(H2,17,18,19);1H. The van der Waals surface area contributed by atoms with Gasteiger partial charge >= 0.3 is 0 Å². The predicted octanol–water partition coefficient (Wildman–Crippen LogP) is 3.43. The first-order chi connectivity index (χ1) is 9.76. The summed E-state index contributed by atoms with van der Waals surface area (Å²) >= 11 is 0. The number of hydrogen-bond acceptors (Lipinski definition) is 2. The van der Waals surface area contributed by atoms with E-state index in [1.54, 1.807) is 0 Å². The summed E-state index contributed by atoms with van der Waals surface area (Å²) in [5.41, 5.74) is 0. The number of hydrogen-bond donors (Lipinski definition) is 2. The van der Waals surface area contributed by atoms with E-state index in [0.717, 1.165) is 31.2 Å². The molecule has 1 aromatic rings. The van der Waals surface area contributed by atoms with Crippen LogP contribution in [0.3, 0.4) is 0 Å². The molecule has 0 saturated heterocycles. The lowest BCUT2D eigenvalue weighted by atomic mass is 10.3. The van der Waals surface area contributed by atoms with Crippen molar-refractivity contribution in [3.8, 4) is 5.75 Å². The third kappa shape index (κ3) is 9.55. The number of unbranched alkanes of at least 4 members (excludes halogenated alkanes) is 1. The normalized spacial score (nSPS) is 12.2. The van der Waals surface area contributed by atoms with Crippen LogP contribution in [0.4, 0.5) is 0 Å². The summed E-state index contributed by atoms with van der Waals surface area (Å²) in [5.74, 6) is 1.75. The van der Waals surface area contributed by atoms with Crippen LogP contribution < -0.4 is 15.4 Å². The van der Waals surface area contributed by atoms with Crippen LogP contribution >= 0.6 is 24.0 Å². The van der Waals surface area contributed by atoms with Crippen molar-refractivity contribution >= 4 is 29.9 Å². The Hall–Kier alpha value is -0.980. The first-order valence-corrected chi connectivity index (χ1v) is 7.50. The Morgan fingerprint density at radius 3 is 2.52 bits per heavy atom. The quantitative estimate of drug-likeness (QED) is 0.302. The summed E-state index contributed by atoms with van der Waals surface area (Å²) < 4.78 is 5.81. The maximum Gasteiger partial charge on any atom is 0.191 e. The van der Waals surface area contributed by atoms with Gasteiger partial charge in [-0.15, -0.1) is 24.0 Å². The molecule has 0 saturated carbocycles. The number of ether oxygens (including phenoxy) is 1. The largest absolute Gasteiger partial charge is 0.489 e. The Kier molecular flexibility index (Phi) is 12.1. The van der Waals surface area contributed by atoms with Gasteiger partial charge in [0.1, 0.15) is 11.9 Å². The summed E-state index contributed by atoms with van der Waals surface area (Å²) in [4.78, 5) is 4.55. The number of nitrogens with zero attached hydrogens (tertiary/aromatic N) is 1. The van der Waals surface area contributed by atoms with Crippen LogP contribution in [0, 0.1) is 0 Å². The third-order valence-electron chi connectivity index (χ3n) is 2.75. The van der Waals surface area contributed by atoms with Crippen molar-refractivity contribution in [2.75, 3.05) is 19.6 Å². The lowest BCUT2D eigenvalue weighted by molar-refractivity contribution is 0.230. The Labute approximate surface area is 145 Å². The lowest BCUT2D eigenvalue weighted by Crippen LogP contribution is -2.38. The second-order valence-electron chi connectivity index (χ2n) is 4.74. The fourth-order valence-corrected chi connectivity index (χ4v) is 1.71. The van der Waals surface area contributed by atoms with Crippen LogP contribution in [0.1, 0.15) is 33.6 Å². The van der Waals surface area contributed by atoms with Gasteiger partial charge < -0.3 is 15.4 Å². The zero-order chi connectivity index (χ0) is 14.6. The molecule has 0 aliphatic rings. The minimum absolute atomic E-state index is 0. The second-order valence-corrected chi connectivity index (χ2v) is 4.74. The summed E-state index contributed by atoms with van der Waals surface area (Å²) in [6, 6.07) is 9.86. The van der Waals surface area contributed by atoms with Crippen LogP contribution in [-0.4, -0.2) is 31.7 Å². The highest BCUT2D eigenvalue weighted by molar-refractivity contribution is 14.0. The van der Waals surface area contributed by atoms with Gasteiger partial charge in [0, 0.05) is 13.1 Å². The van der Waals surface area contributed by atoms with E-state index in [0.29, 0.717) is 6.54 Å². The van der Waals surface area contributed by atoms with Gasteiger partial charge in [0.15, 0.2) is 5.96 Å². The van der Waals surface area contributed by atoms with Gasteiger partial charge in [0.25, 0.3) is 0 Å². The molecule has 1 atom stereocenters. The molecule has 5 heteroatoms. The Balaban J connectivity index is 0.00000400. The van der Waals surface area contributed by atoms with Gasteiger partial charge in [-0.05, 0) is 32.4 Å². The average Bonchev–Trinajstić information content (AvgIpc) is 2.46. The molecule has 0 spiro atoms. The van der Waals surface area contributed by atoms with E-state index in [2.05, 4.69) is 29.5 Å². The Morgan fingerprint density at radius 1 is 1.19 bits per heavy atom. The summed E-state index contributed by atoms with van der Waals surface area (Å²) in [6.07, 6.45) is 2.39. The van der Waals surface area contributed by atoms with Crippen LogP contribution in [0.5, 0.6) is 5.75 Å². The first-order valence-electron chi connectivity index (χ1n) is 7.50. The molecule has 120 valence electrons. The SMILES string of the molecule is CCCCNC(=NCC(C)Oc1ccccc1)NCC.I. The van der Waals surface area contributed by atoms with Gasteiger partial charge in [-0.1, -0.05) is 31.5 Å². The highest BCUT2D eigenvalue weighted by atomic mass is 127. The molecular weight excluding hydrogens is 377 g/mol. The zero-order valence-electron chi connectivity index (χ0n) is 13.3. The van der Waals surface area contributed by atoms with Crippen molar-refractivity contribution in [3.05, 3.63) is 30.3 Å². The molecule has 21 heavy (non-hydrogen) atoms. The third-order valence-corrected chi connectivity index (χ3v) is 2.75. The average molecular weight is 405 g/mol. The van der Waals surface area contributed by atoms with E-state index in [1.165, 1.54) is 6.42 Å². The maximum atomic E-state index is 5.81. The fourth-order valence-electron chi connectivity index (χ4n) is 1.71. The zero-order valence-corrected chi connectivity index (χ0v) is 15.6. The number of guanidine groups is 1. The van der Waals surface area contributed by atoms with Gasteiger partial charge in [-0.2, -0.15) is 0 Å². The Morgan fingerprint density at radius 2 is 1.90 bits per heavy atom. The minimum atomic E-state index is 0. The molecule has 0 bridgehead atoms. The smallest absolute Gasteiger partial charge is 0.191 e. The molecule has 1 unspecified atom stereocenters. The van der Waals surface area contributed by atoms with Crippen LogP contribution in [-0.2, 0) is 0 Å². The highest BCUT2D eigenvalue weighted by Crippen LogP contribution is 2.10. The van der Waals surface area contributed by atoms with E-state index >= 15 is 0 Å². The van der Waals surface area contributed by atoms with E-state index < -0.39 is 0 Å². The van der Waals surface area contributed by atoms with Crippen molar-refractivity contribution in [2.45, 2.75) is 39.7 Å². The van der Waals surface area contributed by atoms with Crippen molar-refractivity contribution in [1.82, 2.24) is 10.6 Å². The lowest BCUT2D eigenvalue weighted by Gasteiger charge is -2.15.